The monoisotopic (exact) mass is 1350 g/mol. The molecule has 7 nitrogen and oxygen atoms in total. The van der Waals surface area contributed by atoms with Crippen molar-refractivity contribution in [2.75, 3.05) is 0 Å². The normalized spacial score (nSPS) is 20.2. The van der Waals surface area contributed by atoms with Crippen molar-refractivity contribution in [2.45, 2.75) is 517 Å². The van der Waals surface area contributed by atoms with Crippen molar-refractivity contribution in [1.29, 1.82) is 0 Å². The Kier molecular flexibility index (Phi) is 67.3. The fourth-order valence-corrected chi connectivity index (χ4v) is 16.7. The summed E-state index contributed by atoms with van der Waals surface area (Å²) in [7, 11) is 0. The molecule has 3 aliphatic rings. The van der Waals surface area contributed by atoms with E-state index in [1.54, 1.807) is 0 Å². The predicted molar refractivity (Wildman–Crippen MR) is 422 cm³/mol. The quantitative estimate of drug-likeness (QED) is 0.0528. The first-order chi connectivity index (χ1) is 47.1. The Balaban J connectivity index is 0.00000177. The maximum Gasteiger partial charge on any atom is 0.220 e. The highest BCUT2D eigenvalue weighted by Gasteiger charge is 2.36. The lowest BCUT2D eigenvalue weighted by Crippen LogP contribution is -2.53. The van der Waals surface area contributed by atoms with Crippen molar-refractivity contribution < 1.29 is 19.2 Å². The van der Waals surface area contributed by atoms with Gasteiger partial charge in [-0.25, -0.2) is 0 Å². The molecule has 0 aromatic heterocycles. The highest BCUT2D eigenvalue weighted by atomic mass is 16.2. The second-order valence-corrected chi connectivity index (χ2v) is 32.1. The van der Waals surface area contributed by atoms with E-state index in [1.165, 1.54) is 321 Å². The summed E-state index contributed by atoms with van der Waals surface area (Å²) in [5.41, 5.74) is 0. The Labute approximate surface area is 601 Å². The van der Waals surface area contributed by atoms with Gasteiger partial charge in [0.05, 0.1) is 0 Å². The van der Waals surface area contributed by atoms with Gasteiger partial charge in [-0.2, -0.15) is 0 Å². The summed E-state index contributed by atoms with van der Waals surface area (Å²) < 4.78 is 0. The molecule has 568 valence electrons. The smallest absolute Gasteiger partial charge is 0.220 e. The van der Waals surface area contributed by atoms with Crippen molar-refractivity contribution in [3.63, 3.8) is 0 Å². The molecule has 3 N–H and O–H groups in total. The molecule has 96 heavy (non-hydrogen) atoms. The maximum atomic E-state index is 13.3. The summed E-state index contributed by atoms with van der Waals surface area (Å²) in [6.45, 7) is 18.2. The Morgan fingerprint density at radius 3 is 0.708 bits per heavy atom. The Morgan fingerprint density at radius 1 is 0.229 bits per heavy atom. The molecule has 0 aliphatic heterocycles. The molecule has 3 fully saturated rings. The summed E-state index contributed by atoms with van der Waals surface area (Å²) in [4.78, 5) is 52.3. The van der Waals surface area contributed by atoms with E-state index in [4.69, 9.17) is 0 Å². The lowest BCUT2D eigenvalue weighted by atomic mass is 9.63. The van der Waals surface area contributed by atoms with Gasteiger partial charge in [0.2, 0.25) is 17.7 Å². The SMILES string of the molecule is CCCCCCCCC(=O)C[C@@H]1CCCC[C@H]1NC(=O)CCCCCCC1CC(CCCCCCCC)C(CCCCCCCC)CC1CCCCCCC(=O)N[C@H]1CCCC[C@@H]1NC(=O)CCCCCCCC.CCCCCCCCCCC.CCCCCCCCCCC. The molecule has 3 aliphatic carbocycles. The molecule has 7 heteroatoms. The Morgan fingerprint density at radius 2 is 0.438 bits per heavy atom. The van der Waals surface area contributed by atoms with Crippen LogP contribution in [0.1, 0.15) is 498 Å². The summed E-state index contributed by atoms with van der Waals surface area (Å²) in [5, 5.41) is 10.1. The van der Waals surface area contributed by atoms with Gasteiger partial charge < -0.3 is 16.0 Å². The number of ketones is 1. The third-order valence-electron chi connectivity index (χ3n) is 23.0. The van der Waals surface area contributed by atoms with Crippen LogP contribution in [0.3, 0.4) is 0 Å². The van der Waals surface area contributed by atoms with Crippen molar-refractivity contribution in [2.24, 2.45) is 29.6 Å². The van der Waals surface area contributed by atoms with Crippen LogP contribution in [0, 0.1) is 29.6 Å². The molecule has 0 heterocycles. The first-order valence-electron chi connectivity index (χ1n) is 44.5. The fourth-order valence-electron chi connectivity index (χ4n) is 16.7. The summed E-state index contributed by atoms with van der Waals surface area (Å²) in [6.07, 6.45) is 86.6. The fraction of sp³-hybridized carbons (Fsp3) is 0.955. The lowest BCUT2D eigenvalue weighted by molar-refractivity contribution is -0.125. The van der Waals surface area contributed by atoms with Crippen LogP contribution >= 0.6 is 0 Å². The van der Waals surface area contributed by atoms with Gasteiger partial charge in [-0.3, -0.25) is 19.2 Å². The van der Waals surface area contributed by atoms with Gasteiger partial charge in [-0.05, 0) is 93.8 Å². The van der Waals surface area contributed by atoms with E-state index in [1.807, 2.05) is 0 Å². The highest BCUT2D eigenvalue weighted by molar-refractivity contribution is 5.79. The van der Waals surface area contributed by atoms with E-state index in [9.17, 15) is 19.2 Å². The van der Waals surface area contributed by atoms with Crippen LogP contribution < -0.4 is 16.0 Å². The molecule has 8 atom stereocenters. The number of Topliss-reactive ketones (excluding diaryl/α,β-unsaturated/α-hetero) is 1. The Bertz CT molecular complexity index is 1550. The van der Waals surface area contributed by atoms with Crippen LogP contribution in [-0.4, -0.2) is 41.6 Å². The number of carbonyl (C=O) groups is 4. The number of hydrogen-bond donors (Lipinski definition) is 3. The molecule has 0 saturated heterocycles. The topological polar surface area (TPSA) is 104 Å². The molecule has 0 radical (unpaired) electrons. The molecule has 0 aromatic rings. The van der Waals surface area contributed by atoms with Gasteiger partial charge in [0, 0.05) is 50.2 Å². The molecule has 0 bridgehead atoms. The summed E-state index contributed by atoms with van der Waals surface area (Å²) >= 11 is 0. The first-order valence-corrected chi connectivity index (χ1v) is 44.5. The van der Waals surface area contributed by atoms with Gasteiger partial charge in [0.1, 0.15) is 5.78 Å². The van der Waals surface area contributed by atoms with Gasteiger partial charge in [0.25, 0.3) is 0 Å². The minimum absolute atomic E-state index is 0.0733. The number of hydrogen-bond acceptors (Lipinski definition) is 4. The minimum atomic E-state index is 0.0733. The van der Waals surface area contributed by atoms with Crippen molar-refractivity contribution in [1.82, 2.24) is 16.0 Å². The third kappa shape index (κ3) is 54.8. The third-order valence-corrected chi connectivity index (χ3v) is 23.0. The molecule has 3 rings (SSSR count). The molecule has 4 unspecified atom stereocenters. The standard InChI is InChI=1S/C67H125N3O4.2C11H24/c1-5-9-13-17-21-29-41-56-53-58(43-31-25-27-35-50-65(72)68-62-47-38-37-45-60(62)55-61(71)46-33-23-19-15-11-7-3)59(54-57(56)42-30-22-18-14-10-6-2)44-32-26-28-36-52-67(74)70-64-49-40-39-48-63(64)69-66(73)51-34-24-20-16-12-8-4;2*1-3-5-7-9-11-10-8-6-4-2/h56-60,62-64H,5-55H2,1-4H3,(H,68,72)(H,69,73)(H,70,74);2*3-11H2,1-2H3/t56?,57?,58?,59?,60-,62+,63-,64-;;/m0../s1. The average molecular weight is 1350 g/mol. The van der Waals surface area contributed by atoms with Crippen LogP contribution in [-0.2, 0) is 19.2 Å². The zero-order valence-electron chi connectivity index (χ0n) is 66.5. The second-order valence-electron chi connectivity index (χ2n) is 32.1. The average Bonchev–Trinajstić information content (AvgIpc) is 0.917. The number of unbranched alkanes of at least 4 members (excludes halogenated alkanes) is 42. The second kappa shape index (κ2) is 70.1. The molecule has 3 amide bonds. The van der Waals surface area contributed by atoms with Gasteiger partial charge in [-0.15, -0.1) is 0 Å². The van der Waals surface area contributed by atoms with E-state index in [-0.39, 0.29) is 35.8 Å². The van der Waals surface area contributed by atoms with Crippen LogP contribution in [0.25, 0.3) is 0 Å². The number of amides is 3. The molecule has 0 spiro atoms. The van der Waals surface area contributed by atoms with Gasteiger partial charge in [-0.1, -0.05) is 402 Å². The summed E-state index contributed by atoms with van der Waals surface area (Å²) in [6, 6.07) is 0.333. The lowest BCUT2D eigenvalue weighted by Gasteiger charge is -2.42. The van der Waals surface area contributed by atoms with Crippen molar-refractivity contribution in [3.05, 3.63) is 0 Å². The first kappa shape index (κ1) is 92.1. The van der Waals surface area contributed by atoms with Crippen LogP contribution in [0.2, 0.25) is 0 Å². The molecule has 3 saturated carbocycles. The molecular weight excluding hydrogens is 1170 g/mol. The van der Waals surface area contributed by atoms with E-state index in [2.05, 4.69) is 71.3 Å². The predicted octanol–water partition coefficient (Wildman–Crippen LogP) is 28.2. The maximum absolute atomic E-state index is 13.3. The Hall–Kier alpha value is -1.92. The number of nitrogens with one attached hydrogen (secondary N) is 3. The highest BCUT2D eigenvalue weighted by Crippen LogP contribution is 2.47. The van der Waals surface area contributed by atoms with E-state index < -0.39 is 0 Å². The molecular formula is C89H173N3O4. The van der Waals surface area contributed by atoms with Gasteiger partial charge in [0.15, 0.2) is 0 Å². The van der Waals surface area contributed by atoms with Gasteiger partial charge >= 0.3 is 0 Å². The molecule has 0 aromatic carbocycles. The number of rotatable bonds is 63. The minimum Gasteiger partial charge on any atom is -0.353 e. The zero-order chi connectivity index (χ0) is 69.8. The summed E-state index contributed by atoms with van der Waals surface area (Å²) in [5.74, 6) is 4.74. The van der Waals surface area contributed by atoms with Crippen molar-refractivity contribution in [3.8, 4) is 0 Å². The largest absolute Gasteiger partial charge is 0.353 e. The van der Waals surface area contributed by atoms with E-state index in [0.29, 0.717) is 37.4 Å². The van der Waals surface area contributed by atoms with E-state index >= 15 is 0 Å². The van der Waals surface area contributed by atoms with Crippen LogP contribution in [0.15, 0.2) is 0 Å². The zero-order valence-corrected chi connectivity index (χ0v) is 66.5. The number of carbonyl (C=O) groups excluding carboxylic acids is 4. The van der Waals surface area contributed by atoms with Crippen molar-refractivity contribution >= 4 is 23.5 Å². The van der Waals surface area contributed by atoms with E-state index in [0.717, 1.165) is 120 Å². The van der Waals surface area contributed by atoms with Crippen LogP contribution in [0.5, 0.6) is 0 Å². The van der Waals surface area contributed by atoms with Crippen LogP contribution in [0.4, 0.5) is 0 Å².